The van der Waals surface area contributed by atoms with Crippen molar-refractivity contribution in [1.82, 2.24) is 15.3 Å². The molecule has 22 heavy (non-hydrogen) atoms. The second-order valence-corrected chi connectivity index (χ2v) is 6.62. The summed E-state index contributed by atoms with van der Waals surface area (Å²) in [6, 6.07) is 0. The van der Waals surface area contributed by atoms with Crippen LogP contribution in [0.25, 0.3) is 0 Å². The van der Waals surface area contributed by atoms with Crippen LogP contribution < -0.4 is 10.2 Å². The van der Waals surface area contributed by atoms with Crippen molar-refractivity contribution in [2.24, 2.45) is 5.92 Å². The van der Waals surface area contributed by atoms with Crippen LogP contribution in [-0.2, 0) is 17.6 Å². The topological polar surface area (TPSA) is 58.1 Å². The summed E-state index contributed by atoms with van der Waals surface area (Å²) in [5.41, 5.74) is 2.63. The lowest BCUT2D eigenvalue weighted by Gasteiger charge is -2.35. The van der Waals surface area contributed by atoms with Gasteiger partial charge >= 0.3 is 0 Å². The number of hydrogen-bond acceptors (Lipinski definition) is 4. The van der Waals surface area contributed by atoms with Crippen molar-refractivity contribution >= 4 is 11.7 Å². The van der Waals surface area contributed by atoms with Crippen LogP contribution in [0.4, 0.5) is 5.82 Å². The number of aromatic nitrogens is 2. The van der Waals surface area contributed by atoms with Gasteiger partial charge in [-0.2, -0.15) is 0 Å². The summed E-state index contributed by atoms with van der Waals surface area (Å²) in [5.74, 6) is 2.63. The fourth-order valence-electron chi connectivity index (χ4n) is 3.67. The van der Waals surface area contributed by atoms with Crippen molar-refractivity contribution < 1.29 is 4.79 Å². The number of fused-ring (bicyclic) bond motifs is 1. The van der Waals surface area contributed by atoms with E-state index < -0.39 is 0 Å². The summed E-state index contributed by atoms with van der Waals surface area (Å²) in [4.78, 5) is 23.0. The van der Waals surface area contributed by atoms with Crippen LogP contribution in [0.2, 0.25) is 0 Å². The molecule has 2 heterocycles. The second kappa shape index (κ2) is 6.63. The Bertz CT molecular complexity index is 558. The summed E-state index contributed by atoms with van der Waals surface area (Å²) in [6.07, 6.45) is 7.04. The van der Waals surface area contributed by atoms with Crippen LogP contribution in [0, 0.1) is 12.8 Å². The van der Waals surface area contributed by atoms with Gasteiger partial charge < -0.3 is 10.2 Å². The van der Waals surface area contributed by atoms with Crippen molar-refractivity contribution in [3.8, 4) is 0 Å². The zero-order valence-electron chi connectivity index (χ0n) is 13.7. The van der Waals surface area contributed by atoms with Gasteiger partial charge in [-0.3, -0.25) is 4.79 Å². The molecule has 1 fully saturated rings. The van der Waals surface area contributed by atoms with Gasteiger partial charge in [-0.25, -0.2) is 9.97 Å². The highest BCUT2D eigenvalue weighted by atomic mass is 16.1. The van der Waals surface area contributed by atoms with Gasteiger partial charge in [0.05, 0.1) is 0 Å². The number of piperidine rings is 1. The largest absolute Gasteiger partial charge is 0.356 e. The smallest absolute Gasteiger partial charge is 0.216 e. The van der Waals surface area contributed by atoms with Crippen molar-refractivity contribution in [3.05, 3.63) is 17.1 Å². The SMILES string of the molecule is CC(=O)NC[C@@H]1CCCN(c2nc(C)nc3c2CCCC3)C1. The van der Waals surface area contributed by atoms with E-state index in [0.717, 1.165) is 44.1 Å². The Balaban J connectivity index is 1.78. The number of rotatable bonds is 3. The molecule has 1 aliphatic heterocycles. The van der Waals surface area contributed by atoms with Crippen LogP contribution in [-0.4, -0.2) is 35.5 Å². The zero-order chi connectivity index (χ0) is 15.5. The predicted octanol–water partition coefficient (Wildman–Crippen LogP) is 2.02. The Kier molecular flexibility index (Phi) is 4.60. The molecule has 1 amide bonds. The van der Waals surface area contributed by atoms with Gasteiger partial charge in [-0.1, -0.05) is 0 Å². The van der Waals surface area contributed by atoms with Gasteiger partial charge in [0, 0.05) is 37.8 Å². The highest BCUT2D eigenvalue weighted by Gasteiger charge is 2.25. The Morgan fingerprint density at radius 3 is 2.91 bits per heavy atom. The quantitative estimate of drug-likeness (QED) is 0.928. The molecule has 0 spiro atoms. The summed E-state index contributed by atoms with van der Waals surface area (Å²) in [5, 5.41) is 2.96. The maximum Gasteiger partial charge on any atom is 0.216 e. The van der Waals surface area contributed by atoms with Gasteiger partial charge in [-0.05, 0) is 51.4 Å². The molecular formula is C17H26N4O. The number of amides is 1. The molecule has 120 valence electrons. The molecule has 1 N–H and O–H groups in total. The Morgan fingerprint density at radius 1 is 1.27 bits per heavy atom. The number of carbonyl (C=O) groups is 1. The van der Waals surface area contributed by atoms with E-state index in [4.69, 9.17) is 4.98 Å². The molecule has 1 aromatic heterocycles. The number of hydrogen-bond donors (Lipinski definition) is 1. The van der Waals surface area contributed by atoms with Gasteiger partial charge in [-0.15, -0.1) is 0 Å². The van der Waals surface area contributed by atoms with Crippen LogP contribution in [0.15, 0.2) is 0 Å². The van der Waals surface area contributed by atoms with Gasteiger partial charge in [0.2, 0.25) is 5.91 Å². The average Bonchev–Trinajstić information content (AvgIpc) is 2.52. The van der Waals surface area contributed by atoms with E-state index in [1.165, 1.54) is 36.9 Å². The van der Waals surface area contributed by atoms with E-state index in [1.807, 2.05) is 6.92 Å². The molecule has 1 saturated heterocycles. The van der Waals surface area contributed by atoms with Gasteiger partial charge in [0.1, 0.15) is 11.6 Å². The summed E-state index contributed by atoms with van der Waals surface area (Å²) < 4.78 is 0. The zero-order valence-corrected chi connectivity index (χ0v) is 13.7. The highest BCUT2D eigenvalue weighted by Crippen LogP contribution is 2.30. The molecule has 1 aliphatic carbocycles. The van der Waals surface area contributed by atoms with Gasteiger partial charge in [0.25, 0.3) is 0 Å². The minimum atomic E-state index is 0.0624. The molecule has 3 rings (SSSR count). The second-order valence-electron chi connectivity index (χ2n) is 6.62. The molecule has 0 radical (unpaired) electrons. The molecular weight excluding hydrogens is 276 g/mol. The van der Waals surface area contributed by atoms with Crippen LogP contribution in [0.3, 0.4) is 0 Å². The summed E-state index contributed by atoms with van der Waals surface area (Å²) >= 11 is 0. The first-order chi connectivity index (χ1) is 10.6. The molecule has 2 aliphatic rings. The van der Waals surface area contributed by atoms with Crippen molar-refractivity contribution in [1.29, 1.82) is 0 Å². The first-order valence-electron chi connectivity index (χ1n) is 8.49. The minimum Gasteiger partial charge on any atom is -0.356 e. The molecule has 0 bridgehead atoms. The monoisotopic (exact) mass is 302 g/mol. The van der Waals surface area contributed by atoms with Gasteiger partial charge in [0.15, 0.2) is 0 Å². The molecule has 5 nitrogen and oxygen atoms in total. The Hall–Kier alpha value is -1.65. The molecule has 0 unspecified atom stereocenters. The minimum absolute atomic E-state index is 0.0624. The average molecular weight is 302 g/mol. The van der Waals surface area contributed by atoms with Crippen molar-refractivity contribution in [2.45, 2.75) is 52.4 Å². The van der Waals surface area contributed by atoms with E-state index in [1.54, 1.807) is 6.92 Å². The molecule has 1 atom stereocenters. The third-order valence-corrected chi connectivity index (χ3v) is 4.73. The number of aryl methyl sites for hydroxylation is 2. The molecule has 5 heteroatoms. The van der Waals surface area contributed by atoms with E-state index in [0.29, 0.717) is 5.92 Å². The van der Waals surface area contributed by atoms with Crippen molar-refractivity contribution in [2.75, 3.05) is 24.5 Å². The maximum absolute atomic E-state index is 11.1. The molecule has 1 aromatic rings. The lowest BCUT2D eigenvalue weighted by Crippen LogP contribution is -2.41. The highest BCUT2D eigenvalue weighted by molar-refractivity contribution is 5.72. The van der Waals surface area contributed by atoms with E-state index >= 15 is 0 Å². The third kappa shape index (κ3) is 3.39. The summed E-state index contributed by atoms with van der Waals surface area (Å²) in [7, 11) is 0. The van der Waals surface area contributed by atoms with Crippen LogP contribution in [0.5, 0.6) is 0 Å². The molecule has 0 saturated carbocycles. The first kappa shape index (κ1) is 15.3. The number of nitrogens with one attached hydrogen (secondary N) is 1. The normalized spacial score (nSPS) is 21.4. The van der Waals surface area contributed by atoms with E-state index in [9.17, 15) is 4.79 Å². The third-order valence-electron chi connectivity index (χ3n) is 4.73. The lowest BCUT2D eigenvalue weighted by atomic mass is 9.93. The fraction of sp³-hybridized carbons (Fsp3) is 0.706. The lowest BCUT2D eigenvalue weighted by molar-refractivity contribution is -0.119. The van der Waals surface area contributed by atoms with E-state index in [-0.39, 0.29) is 5.91 Å². The fourth-order valence-corrected chi connectivity index (χ4v) is 3.67. The maximum atomic E-state index is 11.1. The number of carbonyl (C=O) groups excluding carboxylic acids is 1. The van der Waals surface area contributed by atoms with Crippen molar-refractivity contribution in [3.63, 3.8) is 0 Å². The van der Waals surface area contributed by atoms with E-state index in [2.05, 4.69) is 15.2 Å². The van der Waals surface area contributed by atoms with Crippen LogP contribution in [0.1, 0.15) is 49.7 Å². The first-order valence-corrected chi connectivity index (χ1v) is 8.49. The Labute approximate surface area is 132 Å². The Morgan fingerprint density at radius 2 is 2.09 bits per heavy atom. The number of nitrogens with zero attached hydrogens (tertiary/aromatic N) is 3. The summed E-state index contributed by atoms with van der Waals surface area (Å²) in [6.45, 7) is 6.42. The number of anilines is 1. The predicted molar refractivity (Wildman–Crippen MR) is 87.0 cm³/mol. The standard InChI is InChI=1S/C17H26N4O/c1-12-19-16-8-4-3-7-15(16)17(20-12)21-9-5-6-14(11-21)10-18-13(2)22/h14H,3-11H2,1-2H3,(H,18,22)/t14-/m0/s1. The molecule has 0 aromatic carbocycles. The van der Waals surface area contributed by atoms with Crippen LogP contribution >= 0.6 is 0 Å².